The number of piperazine rings is 1. The highest BCUT2D eigenvalue weighted by molar-refractivity contribution is 6.31. The van der Waals surface area contributed by atoms with Gasteiger partial charge < -0.3 is 14.4 Å². The molecule has 0 saturated carbocycles. The minimum atomic E-state index is -0.569. The highest BCUT2D eigenvalue weighted by Crippen LogP contribution is 2.29. The summed E-state index contributed by atoms with van der Waals surface area (Å²) in [5.41, 5.74) is 0.721. The number of halogens is 1. The average Bonchev–Trinajstić information content (AvgIpc) is 2.64. The molecule has 1 aromatic rings. The first-order chi connectivity index (χ1) is 12.0. The summed E-state index contributed by atoms with van der Waals surface area (Å²) in [5.74, 6) is -0.354. The van der Waals surface area contributed by atoms with Crippen molar-refractivity contribution < 1.29 is 19.1 Å². The minimum Gasteiger partial charge on any atom is -0.468 e. The normalized spacial score (nSPS) is 17.8. The number of hydrogen-bond acceptors (Lipinski definition) is 5. The smallest absolute Gasteiger partial charge is 0.327 e. The van der Waals surface area contributed by atoms with Gasteiger partial charge in [0.25, 0.3) is 5.91 Å². The topological polar surface area (TPSA) is 59.1 Å². The Morgan fingerprint density at radius 1 is 1.16 bits per heavy atom. The maximum Gasteiger partial charge on any atom is 0.327 e. The fourth-order valence-corrected chi connectivity index (χ4v) is 3.37. The van der Waals surface area contributed by atoms with E-state index in [0.29, 0.717) is 37.6 Å². The second-order valence-corrected chi connectivity index (χ2v) is 6.35. The van der Waals surface area contributed by atoms with Crippen LogP contribution in [0.2, 0.25) is 5.02 Å². The number of carbonyl (C=O) groups excluding carboxylic acids is 2. The van der Waals surface area contributed by atoms with Gasteiger partial charge in [0.15, 0.2) is 0 Å². The number of nitrogens with zero attached hydrogens (tertiary/aromatic N) is 2. The Labute approximate surface area is 153 Å². The van der Waals surface area contributed by atoms with Crippen molar-refractivity contribution in [3.63, 3.8) is 0 Å². The van der Waals surface area contributed by atoms with E-state index in [2.05, 4.69) is 0 Å². The number of esters is 1. The van der Waals surface area contributed by atoms with Crippen molar-refractivity contribution in [2.24, 2.45) is 0 Å². The number of ether oxygens (including phenoxy) is 2. The Bertz CT molecular complexity index is 598. The molecule has 138 valence electrons. The Kier molecular flexibility index (Phi) is 7.23. The number of hydrogen-bond donors (Lipinski definition) is 0. The molecular weight excluding hydrogens is 344 g/mol. The molecular formula is C18H25ClN2O4. The molecule has 25 heavy (non-hydrogen) atoms. The number of benzene rings is 1. The van der Waals surface area contributed by atoms with Crippen LogP contribution in [0.15, 0.2) is 24.3 Å². The molecule has 1 aromatic carbocycles. The van der Waals surface area contributed by atoms with Gasteiger partial charge in [-0.25, -0.2) is 4.79 Å². The van der Waals surface area contributed by atoms with E-state index in [4.69, 9.17) is 21.1 Å². The van der Waals surface area contributed by atoms with E-state index in [9.17, 15) is 9.59 Å². The van der Waals surface area contributed by atoms with E-state index >= 15 is 0 Å². The van der Waals surface area contributed by atoms with E-state index in [-0.39, 0.29) is 11.9 Å². The second kappa shape index (κ2) is 9.17. The molecule has 0 spiro atoms. The molecule has 2 atom stereocenters. The van der Waals surface area contributed by atoms with Crippen LogP contribution >= 0.6 is 11.6 Å². The zero-order chi connectivity index (χ0) is 18.4. The van der Waals surface area contributed by atoms with Gasteiger partial charge in [0.2, 0.25) is 0 Å². The van der Waals surface area contributed by atoms with E-state index in [0.717, 1.165) is 5.56 Å². The van der Waals surface area contributed by atoms with E-state index in [1.165, 1.54) is 7.11 Å². The van der Waals surface area contributed by atoms with Gasteiger partial charge in [-0.1, -0.05) is 36.7 Å². The monoisotopic (exact) mass is 368 g/mol. The second-order valence-electron chi connectivity index (χ2n) is 5.94. The van der Waals surface area contributed by atoms with Crippen LogP contribution in [0.3, 0.4) is 0 Å². The largest absolute Gasteiger partial charge is 0.468 e. The highest BCUT2D eigenvalue weighted by atomic mass is 35.5. The molecule has 0 aliphatic carbocycles. The molecule has 0 bridgehead atoms. The summed E-state index contributed by atoms with van der Waals surface area (Å²) in [6.45, 7) is 4.13. The Morgan fingerprint density at radius 3 is 2.32 bits per heavy atom. The summed E-state index contributed by atoms with van der Waals surface area (Å²) in [7, 11) is 2.92. The first-order valence-corrected chi connectivity index (χ1v) is 8.79. The molecule has 0 radical (unpaired) electrons. The summed E-state index contributed by atoms with van der Waals surface area (Å²) in [5, 5.41) is 0.529. The number of methoxy groups -OCH3 is 2. The van der Waals surface area contributed by atoms with E-state index < -0.39 is 12.1 Å². The molecule has 1 aliphatic rings. The van der Waals surface area contributed by atoms with Gasteiger partial charge in [-0.15, -0.1) is 0 Å². The Morgan fingerprint density at radius 2 is 1.80 bits per heavy atom. The van der Waals surface area contributed by atoms with Crippen LogP contribution in [0.1, 0.15) is 24.9 Å². The van der Waals surface area contributed by atoms with Crippen molar-refractivity contribution in [1.82, 2.24) is 9.80 Å². The van der Waals surface area contributed by atoms with Gasteiger partial charge in [-0.2, -0.15) is 0 Å². The summed E-state index contributed by atoms with van der Waals surface area (Å²) < 4.78 is 10.2. The van der Waals surface area contributed by atoms with Crippen LogP contribution in [0, 0.1) is 0 Å². The van der Waals surface area contributed by atoms with Crippen LogP contribution in [0.5, 0.6) is 0 Å². The minimum absolute atomic E-state index is 0.00277. The molecule has 0 N–H and O–H groups in total. The molecule has 1 fully saturated rings. The van der Waals surface area contributed by atoms with Gasteiger partial charge in [-0.3, -0.25) is 9.69 Å². The third kappa shape index (κ3) is 4.51. The Balaban J connectivity index is 2.11. The van der Waals surface area contributed by atoms with Crippen LogP contribution < -0.4 is 0 Å². The van der Waals surface area contributed by atoms with E-state index in [1.54, 1.807) is 18.1 Å². The zero-order valence-corrected chi connectivity index (χ0v) is 15.7. The standard InChI is InChI=1S/C18H25ClN2O4/c1-4-15(24-2)17(22)21-11-9-20(10-12-21)16(18(23)25-3)13-7-5-6-8-14(13)19/h5-8,15-16H,4,9-12H2,1-3H3. The van der Waals surface area contributed by atoms with Crippen LogP contribution in [0.25, 0.3) is 0 Å². The van der Waals surface area contributed by atoms with Gasteiger partial charge >= 0.3 is 5.97 Å². The number of amides is 1. The zero-order valence-electron chi connectivity index (χ0n) is 14.9. The van der Waals surface area contributed by atoms with Crippen molar-refractivity contribution in [1.29, 1.82) is 0 Å². The lowest BCUT2D eigenvalue weighted by molar-refractivity contribution is -0.150. The van der Waals surface area contributed by atoms with Gasteiger partial charge in [0.05, 0.1) is 7.11 Å². The van der Waals surface area contributed by atoms with Gasteiger partial charge in [0.1, 0.15) is 12.1 Å². The lowest BCUT2D eigenvalue weighted by Crippen LogP contribution is -2.53. The van der Waals surface area contributed by atoms with Crippen LogP contribution in [-0.2, 0) is 19.1 Å². The summed E-state index contributed by atoms with van der Waals surface area (Å²) >= 11 is 6.28. The highest BCUT2D eigenvalue weighted by Gasteiger charge is 2.34. The molecule has 1 aliphatic heterocycles. The maximum atomic E-state index is 12.4. The van der Waals surface area contributed by atoms with Crippen LogP contribution in [-0.4, -0.2) is 68.2 Å². The fourth-order valence-electron chi connectivity index (χ4n) is 3.13. The molecule has 6 nitrogen and oxygen atoms in total. The van der Waals surface area contributed by atoms with Crippen LogP contribution in [0.4, 0.5) is 0 Å². The average molecular weight is 369 g/mol. The quantitative estimate of drug-likeness (QED) is 0.720. The molecule has 7 heteroatoms. The summed E-state index contributed by atoms with van der Waals surface area (Å²) in [4.78, 5) is 28.6. The number of carbonyl (C=O) groups is 2. The Hall–Kier alpha value is -1.63. The van der Waals surface area contributed by atoms with Gasteiger partial charge in [0, 0.05) is 38.3 Å². The van der Waals surface area contributed by atoms with Crippen molar-refractivity contribution in [2.75, 3.05) is 40.4 Å². The van der Waals surface area contributed by atoms with Crippen molar-refractivity contribution >= 4 is 23.5 Å². The van der Waals surface area contributed by atoms with E-state index in [1.807, 2.05) is 30.0 Å². The third-order valence-corrected chi connectivity index (χ3v) is 4.89. The van der Waals surface area contributed by atoms with Crippen molar-refractivity contribution in [3.05, 3.63) is 34.9 Å². The summed E-state index contributed by atoms with van der Waals surface area (Å²) in [6, 6.07) is 6.70. The number of rotatable bonds is 6. The third-order valence-electron chi connectivity index (χ3n) is 4.55. The summed E-state index contributed by atoms with van der Waals surface area (Å²) in [6.07, 6.45) is 0.228. The molecule has 2 rings (SSSR count). The molecule has 1 heterocycles. The predicted molar refractivity (Wildman–Crippen MR) is 95.5 cm³/mol. The van der Waals surface area contributed by atoms with Gasteiger partial charge in [-0.05, 0) is 18.1 Å². The molecule has 1 saturated heterocycles. The fraction of sp³-hybridized carbons (Fsp3) is 0.556. The first-order valence-electron chi connectivity index (χ1n) is 8.41. The lowest BCUT2D eigenvalue weighted by atomic mass is 10.0. The predicted octanol–water partition coefficient (Wildman–Crippen LogP) is 2.12. The van der Waals surface area contributed by atoms with Crippen molar-refractivity contribution in [3.8, 4) is 0 Å². The lowest BCUT2D eigenvalue weighted by Gasteiger charge is -2.39. The first kappa shape index (κ1) is 19.7. The van der Waals surface area contributed by atoms with Crippen molar-refractivity contribution in [2.45, 2.75) is 25.5 Å². The maximum absolute atomic E-state index is 12.4. The molecule has 0 aromatic heterocycles. The molecule has 1 amide bonds. The SMILES string of the molecule is CCC(OC)C(=O)N1CCN(C(C(=O)OC)c2ccccc2Cl)CC1. The molecule has 2 unspecified atom stereocenters.